The lowest BCUT2D eigenvalue weighted by Crippen LogP contribution is -2.49. The highest BCUT2D eigenvalue weighted by molar-refractivity contribution is 7.94. The van der Waals surface area contributed by atoms with Crippen LogP contribution in [0.15, 0.2) is 42.7 Å². The van der Waals surface area contributed by atoms with Crippen molar-refractivity contribution in [1.82, 2.24) is 14.9 Å². The van der Waals surface area contributed by atoms with Gasteiger partial charge in [-0.05, 0) is 30.3 Å². The van der Waals surface area contributed by atoms with E-state index >= 15 is 0 Å². The van der Waals surface area contributed by atoms with E-state index in [1.54, 1.807) is 42.4 Å². The minimum absolute atomic E-state index is 0.130. The molecule has 0 radical (unpaired) electrons. The number of sulfonamides is 1. The molecule has 3 heterocycles. The Morgan fingerprint density at radius 3 is 2.21 bits per heavy atom. The second-order valence-corrected chi connectivity index (χ2v) is 9.02. The molecule has 0 N–H and O–H groups in total. The fourth-order valence-corrected chi connectivity index (χ4v) is 5.39. The summed E-state index contributed by atoms with van der Waals surface area (Å²) in [7, 11) is -3.65. The minimum atomic E-state index is -3.65. The summed E-state index contributed by atoms with van der Waals surface area (Å²) < 4.78 is 25.3. The predicted molar refractivity (Wildman–Crippen MR) is 107 cm³/mol. The van der Waals surface area contributed by atoms with Crippen molar-refractivity contribution in [2.75, 3.05) is 41.1 Å². The Hall–Kier alpha value is -3.01. The SMILES string of the molecule is C[C@@H]1CS(=O)(=O)N(c2ccc(C(=O)N3CCN(c4ncccn4)CC3)cc2)C1=O. The molecular formula is C19H21N5O4S. The van der Waals surface area contributed by atoms with Crippen LogP contribution < -0.4 is 9.21 Å². The molecule has 2 amide bonds. The molecule has 10 heteroatoms. The summed E-state index contributed by atoms with van der Waals surface area (Å²) >= 11 is 0. The monoisotopic (exact) mass is 415 g/mol. The number of rotatable bonds is 3. The van der Waals surface area contributed by atoms with Crippen molar-refractivity contribution in [3.05, 3.63) is 48.3 Å². The summed E-state index contributed by atoms with van der Waals surface area (Å²) in [5, 5.41) is 0. The van der Waals surface area contributed by atoms with Crippen molar-refractivity contribution >= 4 is 33.5 Å². The Morgan fingerprint density at radius 2 is 1.66 bits per heavy atom. The molecule has 1 aromatic heterocycles. The maximum absolute atomic E-state index is 12.8. The number of amides is 2. The number of carbonyl (C=O) groups is 2. The highest BCUT2D eigenvalue weighted by Gasteiger charge is 2.42. The van der Waals surface area contributed by atoms with Crippen LogP contribution in [0.1, 0.15) is 17.3 Å². The zero-order valence-corrected chi connectivity index (χ0v) is 16.7. The third-order valence-corrected chi connectivity index (χ3v) is 6.98. The molecular weight excluding hydrogens is 394 g/mol. The first-order chi connectivity index (χ1) is 13.9. The lowest BCUT2D eigenvalue weighted by Gasteiger charge is -2.34. The molecule has 2 saturated heterocycles. The van der Waals surface area contributed by atoms with Gasteiger partial charge in [0.05, 0.1) is 17.4 Å². The first-order valence-electron chi connectivity index (χ1n) is 9.35. The van der Waals surface area contributed by atoms with Gasteiger partial charge in [0.25, 0.3) is 5.91 Å². The number of nitrogens with zero attached hydrogens (tertiary/aromatic N) is 5. The molecule has 2 aliphatic heterocycles. The van der Waals surface area contributed by atoms with Gasteiger partial charge in [-0.3, -0.25) is 9.59 Å². The van der Waals surface area contributed by atoms with E-state index in [4.69, 9.17) is 0 Å². The Labute approximate surface area is 169 Å². The number of hydrogen-bond acceptors (Lipinski definition) is 7. The van der Waals surface area contributed by atoms with Gasteiger partial charge in [0, 0.05) is 44.1 Å². The highest BCUT2D eigenvalue weighted by Crippen LogP contribution is 2.28. The summed E-state index contributed by atoms with van der Waals surface area (Å²) in [5.41, 5.74) is 0.720. The molecule has 0 unspecified atom stereocenters. The first kappa shape index (κ1) is 19.3. The number of hydrogen-bond donors (Lipinski definition) is 0. The summed E-state index contributed by atoms with van der Waals surface area (Å²) in [6, 6.07) is 7.91. The summed E-state index contributed by atoms with van der Waals surface area (Å²) in [4.78, 5) is 37.2. The van der Waals surface area contributed by atoms with Crippen molar-refractivity contribution in [3.8, 4) is 0 Å². The van der Waals surface area contributed by atoms with E-state index in [-0.39, 0.29) is 17.3 Å². The maximum atomic E-state index is 12.8. The molecule has 4 rings (SSSR count). The second kappa shape index (κ2) is 7.43. The summed E-state index contributed by atoms with van der Waals surface area (Å²) in [5.74, 6) is -0.680. The Bertz CT molecular complexity index is 1020. The number of piperazine rings is 1. The minimum Gasteiger partial charge on any atom is -0.337 e. The van der Waals surface area contributed by atoms with Gasteiger partial charge in [0.1, 0.15) is 0 Å². The van der Waals surface area contributed by atoms with E-state index in [2.05, 4.69) is 9.97 Å². The predicted octanol–water partition coefficient (Wildman–Crippen LogP) is 0.751. The molecule has 1 aromatic carbocycles. The standard InChI is InChI=1S/C19H21N5O4S/c1-14-13-29(27,28)24(17(14)25)16-5-3-15(4-6-16)18(26)22-9-11-23(12-10-22)19-20-7-2-8-21-19/h2-8,14H,9-13H2,1H3/t14-/m1/s1. The van der Waals surface area contributed by atoms with Gasteiger partial charge in [0.2, 0.25) is 21.9 Å². The van der Waals surface area contributed by atoms with Crippen molar-refractivity contribution in [2.24, 2.45) is 5.92 Å². The molecule has 0 saturated carbocycles. The number of aromatic nitrogens is 2. The Morgan fingerprint density at radius 1 is 1.03 bits per heavy atom. The molecule has 2 fully saturated rings. The van der Waals surface area contributed by atoms with E-state index in [1.807, 2.05) is 4.90 Å². The van der Waals surface area contributed by atoms with Gasteiger partial charge in [-0.2, -0.15) is 0 Å². The zero-order valence-electron chi connectivity index (χ0n) is 15.9. The van der Waals surface area contributed by atoms with Crippen LogP contribution in [0, 0.1) is 5.92 Å². The van der Waals surface area contributed by atoms with Crippen molar-refractivity contribution in [3.63, 3.8) is 0 Å². The maximum Gasteiger partial charge on any atom is 0.253 e. The quantitative estimate of drug-likeness (QED) is 0.729. The van der Waals surface area contributed by atoms with Crippen molar-refractivity contribution < 1.29 is 18.0 Å². The van der Waals surface area contributed by atoms with Crippen LogP contribution >= 0.6 is 0 Å². The van der Waals surface area contributed by atoms with E-state index in [1.165, 1.54) is 12.1 Å². The topological polar surface area (TPSA) is 104 Å². The molecule has 0 spiro atoms. The fourth-order valence-electron chi connectivity index (χ4n) is 3.57. The van der Waals surface area contributed by atoms with Crippen LogP contribution in [0.4, 0.5) is 11.6 Å². The molecule has 9 nitrogen and oxygen atoms in total. The van der Waals surface area contributed by atoms with Gasteiger partial charge in [-0.15, -0.1) is 0 Å². The van der Waals surface area contributed by atoms with Crippen molar-refractivity contribution in [1.29, 1.82) is 0 Å². The summed E-state index contributed by atoms with van der Waals surface area (Å²) in [6.07, 6.45) is 3.38. The molecule has 0 bridgehead atoms. The first-order valence-corrected chi connectivity index (χ1v) is 11.0. The molecule has 152 valence electrons. The molecule has 29 heavy (non-hydrogen) atoms. The van der Waals surface area contributed by atoms with Gasteiger partial charge in [-0.1, -0.05) is 6.92 Å². The molecule has 2 aliphatic rings. The average molecular weight is 415 g/mol. The van der Waals surface area contributed by atoms with Gasteiger partial charge < -0.3 is 9.80 Å². The lowest BCUT2D eigenvalue weighted by atomic mass is 10.1. The van der Waals surface area contributed by atoms with Gasteiger partial charge in [-0.25, -0.2) is 22.7 Å². The number of carbonyl (C=O) groups excluding carboxylic acids is 2. The van der Waals surface area contributed by atoms with Crippen LogP contribution in [0.3, 0.4) is 0 Å². The lowest BCUT2D eigenvalue weighted by molar-refractivity contribution is -0.119. The van der Waals surface area contributed by atoms with Crippen molar-refractivity contribution in [2.45, 2.75) is 6.92 Å². The third-order valence-electron chi connectivity index (χ3n) is 5.11. The number of anilines is 2. The average Bonchev–Trinajstić information content (AvgIpc) is 2.95. The second-order valence-electron chi connectivity index (χ2n) is 7.16. The smallest absolute Gasteiger partial charge is 0.253 e. The normalized spacial score (nSPS) is 21.5. The highest BCUT2D eigenvalue weighted by atomic mass is 32.2. The number of benzene rings is 1. The summed E-state index contributed by atoms with van der Waals surface area (Å²) in [6.45, 7) is 3.93. The Kier molecular flexibility index (Phi) is 4.95. The van der Waals surface area contributed by atoms with E-state index in [9.17, 15) is 18.0 Å². The van der Waals surface area contributed by atoms with Crippen LogP contribution in [0.25, 0.3) is 0 Å². The molecule has 1 atom stereocenters. The zero-order chi connectivity index (χ0) is 20.6. The van der Waals surface area contributed by atoms with Gasteiger partial charge >= 0.3 is 0 Å². The van der Waals surface area contributed by atoms with E-state index < -0.39 is 21.8 Å². The molecule has 0 aliphatic carbocycles. The fraction of sp³-hybridized carbons (Fsp3) is 0.368. The molecule has 2 aromatic rings. The Balaban J connectivity index is 1.43. The van der Waals surface area contributed by atoms with E-state index in [0.717, 1.165) is 4.31 Å². The third kappa shape index (κ3) is 3.67. The van der Waals surface area contributed by atoms with Crippen LogP contribution in [-0.2, 0) is 14.8 Å². The van der Waals surface area contributed by atoms with Crippen LogP contribution in [0.2, 0.25) is 0 Å². The van der Waals surface area contributed by atoms with Gasteiger partial charge in [0.15, 0.2) is 0 Å². The van der Waals surface area contributed by atoms with Crippen LogP contribution in [0.5, 0.6) is 0 Å². The van der Waals surface area contributed by atoms with E-state index in [0.29, 0.717) is 37.7 Å². The van der Waals surface area contributed by atoms with Crippen LogP contribution in [-0.4, -0.2) is 67.0 Å². The largest absolute Gasteiger partial charge is 0.337 e.